The van der Waals surface area contributed by atoms with Crippen molar-refractivity contribution in [3.05, 3.63) is 60.8 Å². The van der Waals surface area contributed by atoms with Crippen molar-refractivity contribution in [3.8, 4) is 0 Å². The molecule has 2 fully saturated rings. The van der Waals surface area contributed by atoms with Crippen molar-refractivity contribution in [1.29, 1.82) is 0 Å². The van der Waals surface area contributed by atoms with Gasteiger partial charge in [0, 0.05) is 12.8 Å². The number of phosphoric ester groups is 1. The zero-order chi connectivity index (χ0) is 46.8. The predicted octanol–water partition coefficient (Wildman–Crippen LogP) is 8.71. The Labute approximate surface area is 383 Å². The number of rotatable bonds is 38. The van der Waals surface area contributed by atoms with Gasteiger partial charge in [0.2, 0.25) is 0 Å². The lowest BCUT2D eigenvalue weighted by Gasteiger charge is -2.41. The number of carbonyl (C=O) groups excluding carboxylic acids is 2. The van der Waals surface area contributed by atoms with E-state index in [4.69, 9.17) is 23.3 Å². The summed E-state index contributed by atoms with van der Waals surface area (Å²) in [5.41, 5.74) is 0. The third-order valence-corrected chi connectivity index (χ3v) is 12.3. The zero-order valence-corrected chi connectivity index (χ0v) is 39.6. The number of hydrogen-bond donors (Lipinski definition) is 6. The minimum Gasteiger partial charge on any atom is -0.462 e. The summed E-state index contributed by atoms with van der Waals surface area (Å²) in [5, 5.41) is 50.2. The highest BCUT2D eigenvalue weighted by Gasteiger charge is 2.51. The first kappa shape index (κ1) is 57.6. The smallest absolute Gasteiger partial charge is 0.462 e. The molecular formula is C49H83O14P. The van der Waals surface area contributed by atoms with Gasteiger partial charge in [-0.1, -0.05) is 139 Å². The summed E-state index contributed by atoms with van der Waals surface area (Å²) in [6.07, 6.45) is 31.5. The van der Waals surface area contributed by atoms with Gasteiger partial charge in [0.25, 0.3) is 0 Å². The number of esters is 2. The second-order valence-corrected chi connectivity index (χ2v) is 18.4. The van der Waals surface area contributed by atoms with E-state index in [0.29, 0.717) is 25.0 Å². The fraction of sp³-hybridized carbons (Fsp3) is 0.755. The molecule has 1 saturated carbocycles. The van der Waals surface area contributed by atoms with Gasteiger partial charge in [0.05, 0.1) is 18.8 Å². The van der Waals surface area contributed by atoms with Crippen molar-refractivity contribution in [2.75, 3.05) is 13.2 Å². The standard InChI is InChI=1S/C49H83O14P/c1-3-5-7-8-9-10-11-12-13-14-15-16-17-18-19-20-24-27-31-35-42(50)59-37-39(38-60-64(57,58)63-49-47(55)45(53)44(52)46(54)48(49)56)61-43(51)36-32-28-25-22-21-23-26-30-34-41-40(62-41)33-29-6-4-2/h5,7,9-10,12-13,15-16,26,30,39-41,44-49,52-56H,3-4,6,8,11,14,17-25,27-29,31-38H2,1-2H3,(H,57,58)/b7-5-,10-9-,13-12-,16-15-,30-26-/t39-,40?,41?,44?,45-,46+,47-,48-,49?/m1/s1. The molecule has 14 nitrogen and oxygen atoms in total. The Hall–Kier alpha value is -2.49. The van der Waals surface area contributed by atoms with Crippen LogP contribution in [-0.4, -0.2) is 111 Å². The molecule has 0 spiro atoms. The summed E-state index contributed by atoms with van der Waals surface area (Å²) in [5.74, 6) is -1.14. The Kier molecular flexibility index (Phi) is 32.1. The lowest BCUT2D eigenvalue weighted by molar-refractivity contribution is -0.220. The Morgan fingerprint density at radius 1 is 0.578 bits per heavy atom. The molecule has 0 amide bonds. The maximum Gasteiger partial charge on any atom is 0.472 e. The van der Waals surface area contributed by atoms with Crippen LogP contribution < -0.4 is 0 Å². The first-order chi connectivity index (χ1) is 30.9. The molecule has 0 aromatic heterocycles. The van der Waals surface area contributed by atoms with E-state index in [1.807, 2.05) is 0 Å². The summed E-state index contributed by atoms with van der Waals surface area (Å²) in [7, 11) is -5.13. The second-order valence-electron chi connectivity index (χ2n) is 17.0. The lowest BCUT2D eigenvalue weighted by atomic mass is 9.85. The number of ether oxygens (including phenoxy) is 3. The fourth-order valence-electron chi connectivity index (χ4n) is 7.28. The molecule has 0 aromatic rings. The molecule has 15 heteroatoms. The topological polar surface area (TPSA) is 222 Å². The number of hydrogen-bond acceptors (Lipinski definition) is 13. The number of epoxide rings is 1. The molecule has 5 unspecified atom stereocenters. The van der Waals surface area contributed by atoms with Crippen LogP contribution in [0.2, 0.25) is 0 Å². The van der Waals surface area contributed by atoms with E-state index in [0.717, 1.165) is 109 Å². The number of allylic oxidation sites excluding steroid dienone is 9. The molecule has 1 saturated heterocycles. The second kappa shape index (κ2) is 35.7. The first-order valence-corrected chi connectivity index (χ1v) is 25.7. The summed E-state index contributed by atoms with van der Waals surface area (Å²) < 4.78 is 39.3. The Bertz CT molecular complexity index is 1420. The highest BCUT2D eigenvalue weighted by atomic mass is 31.2. The number of carbonyl (C=O) groups is 2. The van der Waals surface area contributed by atoms with Crippen LogP contribution in [0.25, 0.3) is 0 Å². The third-order valence-electron chi connectivity index (χ3n) is 11.3. The number of aliphatic hydroxyl groups is 5. The van der Waals surface area contributed by atoms with Gasteiger partial charge in [0.15, 0.2) is 6.10 Å². The average Bonchev–Trinajstić information content (AvgIpc) is 4.03. The summed E-state index contributed by atoms with van der Waals surface area (Å²) in [6.45, 7) is 3.13. The molecule has 6 N–H and O–H groups in total. The number of phosphoric acid groups is 1. The van der Waals surface area contributed by atoms with Crippen LogP contribution in [-0.2, 0) is 37.4 Å². The number of aliphatic hydroxyl groups excluding tert-OH is 5. The van der Waals surface area contributed by atoms with Crippen LogP contribution in [0.1, 0.15) is 168 Å². The molecule has 0 aromatic carbocycles. The molecule has 0 bridgehead atoms. The molecule has 1 aliphatic carbocycles. The van der Waals surface area contributed by atoms with E-state index in [1.165, 1.54) is 19.3 Å². The Balaban J connectivity index is 1.69. The molecule has 368 valence electrons. The maximum absolute atomic E-state index is 12.8. The SMILES string of the molecule is CC/C=C\C/C=C\C/C=C\C/C=C\CCCCCCCCC(=O)OC[C@H](COP(=O)(O)OC1[C@H](O)[C@H](O)C(O)[C@H](O)[C@H]1O)OC(=O)CCCCCCC/C=C\CC1OC1CCCCC. The maximum atomic E-state index is 12.8. The van der Waals surface area contributed by atoms with Gasteiger partial charge >= 0.3 is 19.8 Å². The average molecular weight is 927 g/mol. The molecule has 64 heavy (non-hydrogen) atoms. The molecule has 0 radical (unpaired) electrons. The van der Waals surface area contributed by atoms with E-state index in [-0.39, 0.29) is 12.8 Å². The van der Waals surface area contributed by atoms with Gasteiger partial charge in [-0.15, -0.1) is 0 Å². The zero-order valence-electron chi connectivity index (χ0n) is 38.8. The van der Waals surface area contributed by atoms with Crippen molar-refractivity contribution in [1.82, 2.24) is 0 Å². The quantitative estimate of drug-likeness (QED) is 0.0112. The largest absolute Gasteiger partial charge is 0.472 e. The van der Waals surface area contributed by atoms with Crippen molar-refractivity contribution in [2.45, 2.75) is 223 Å². The van der Waals surface area contributed by atoms with Crippen molar-refractivity contribution in [2.24, 2.45) is 0 Å². The molecule has 10 atom stereocenters. The van der Waals surface area contributed by atoms with E-state index < -0.39 is 75.7 Å². The number of unbranched alkanes of at least 4 members (excludes halogenated alkanes) is 13. The van der Waals surface area contributed by atoms with E-state index in [9.17, 15) is 44.6 Å². The fourth-order valence-corrected chi connectivity index (χ4v) is 8.26. The van der Waals surface area contributed by atoms with Crippen LogP contribution in [0, 0.1) is 0 Å². The first-order valence-electron chi connectivity index (χ1n) is 24.2. The van der Waals surface area contributed by atoms with Gasteiger partial charge in [-0.2, -0.15) is 0 Å². The van der Waals surface area contributed by atoms with Crippen molar-refractivity contribution >= 4 is 19.8 Å². The van der Waals surface area contributed by atoms with E-state index >= 15 is 0 Å². The molecular weight excluding hydrogens is 843 g/mol. The van der Waals surface area contributed by atoms with Crippen molar-refractivity contribution < 1.29 is 67.8 Å². The summed E-state index contributed by atoms with van der Waals surface area (Å²) in [4.78, 5) is 35.8. The van der Waals surface area contributed by atoms with Gasteiger partial charge in [-0.25, -0.2) is 4.57 Å². The third kappa shape index (κ3) is 27.2. The molecule has 2 aliphatic rings. The van der Waals surface area contributed by atoms with Gasteiger partial charge < -0.3 is 44.6 Å². The highest BCUT2D eigenvalue weighted by Crippen LogP contribution is 2.47. The normalized spacial score (nSPS) is 25.2. The van der Waals surface area contributed by atoms with Crippen LogP contribution >= 0.6 is 7.82 Å². The van der Waals surface area contributed by atoms with Crippen LogP contribution in [0.4, 0.5) is 0 Å². The molecule has 1 aliphatic heterocycles. The van der Waals surface area contributed by atoms with Crippen molar-refractivity contribution in [3.63, 3.8) is 0 Å². The highest BCUT2D eigenvalue weighted by molar-refractivity contribution is 7.47. The van der Waals surface area contributed by atoms with Crippen LogP contribution in [0.15, 0.2) is 60.8 Å². The van der Waals surface area contributed by atoms with Crippen LogP contribution in [0.3, 0.4) is 0 Å². The minimum absolute atomic E-state index is 0.0699. The Morgan fingerprint density at radius 3 is 1.66 bits per heavy atom. The monoisotopic (exact) mass is 927 g/mol. The lowest BCUT2D eigenvalue weighted by Crippen LogP contribution is -2.64. The van der Waals surface area contributed by atoms with E-state index in [1.54, 1.807) is 0 Å². The van der Waals surface area contributed by atoms with Gasteiger partial charge in [-0.3, -0.25) is 18.6 Å². The molecule has 2 rings (SSSR count). The molecule has 1 heterocycles. The van der Waals surface area contributed by atoms with Gasteiger partial charge in [-0.05, 0) is 77.0 Å². The van der Waals surface area contributed by atoms with E-state index in [2.05, 4.69) is 74.6 Å². The summed E-state index contributed by atoms with van der Waals surface area (Å²) >= 11 is 0. The predicted molar refractivity (Wildman–Crippen MR) is 248 cm³/mol. The Morgan fingerprint density at radius 2 is 1.08 bits per heavy atom. The summed E-state index contributed by atoms with van der Waals surface area (Å²) in [6, 6.07) is 0. The van der Waals surface area contributed by atoms with Crippen LogP contribution in [0.5, 0.6) is 0 Å². The minimum atomic E-state index is -5.13. The van der Waals surface area contributed by atoms with Gasteiger partial charge in [0.1, 0.15) is 43.2 Å².